The van der Waals surface area contributed by atoms with Crippen LogP contribution in [0, 0.1) is 11.8 Å². The van der Waals surface area contributed by atoms with E-state index in [2.05, 4.69) is 11.7 Å². The molecule has 1 N–H and O–H groups in total. The highest BCUT2D eigenvalue weighted by atomic mass is 16.5. The summed E-state index contributed by atoms with van der Waals surface area (Å²) in [6, 6.07) is 0. The Morgan fingerprint density at radius 3 is 2.82 bits per heavy atom. The lowest BCUT2D eigenvalue weighted by Crippen LogP contribution is -2.32. The third-order valence-corrected chi connectivity index (χ3v) is 3.20. The number of ether oxygens (including phenoxy) is 1. The van der Waals surface area contributed by atoms with Crippen molar-refractivity contribution in [3.05, 3.63) is 11.8 Å². The van der Waals surface area contributed by atoms with Crippen molar-refractivity contribution in [2.75, 3.05) is 7.11 Å². The number of aliphatic hydroxyl groups is 1. The maximum absolute atomic E-state index is 11.6. The molecule has 0 amide bonds. The molecule has 1 aliphatic carbocycles. The average molecular weight is 240 g/mol. The molecule has 96 valence electrons. The Bertz CT molecular complexity index is 319. The first-order chi connectivity index (χ1) is 8.10. The van der Waals surface area contributed by atoms with Crippen LogP contribution in [0.3, 0.4) is 0 Å². The van der Waals surface area contributed by atoms with Crippen LogP contribution in [0.1, 0.15) is 39.0 Å². The summed E-state index contributed by atoms with van der Waals surface area (Å²) in [6.07, 6.45) is 5.38. The molecule has 0 fully saturated rings. The molecular weight excluding hydrogens is 220 g/mol. The summed E-state index contributed by atoms with van der Waals surface area (Å²) in [6.45, 7) is 2.10. The number of unbranched alkanes of at least 4 members (excludes halogenated alkanes) is 2. The first-order valence-corrected chi connectivity index (χ1v) is 6.11. The molecule has 0 aromatic heterocycles. The Morgan fingerprint density at radius 2 is 2.24 bits per heavy atom. The van der Waals surface area contributed by atoms with Crippen molar-refractivity contribution >= 4 is 11.8 Å². The van der Waals surface area contributed by atoms with Crippen LogP contribution in [-0.4, -0.2) is 24.0 Å². The molecule has 0 unspecified atom stereocenters. The Labute approximate surface area is 102 Å². The Morgan fingerprint density at radius 1 is 1.53 bits per heavy atom. The molecule has 17 heavy (non-hydrogen) atoms. The first kappa shape index (κ1) is 13.7. The topological polar surface area (TPSA) is 63.6 Å². The van der Waals surface area contributed by atoms with Gasteiger partial charge in [0.1, 0.15) is 11.7 Å². The molecule has 2 atom stereocenters. The lowest BCUT2D eigenvalue weighted by Gasteiger charge is -2.27. The van der Waals surface area contributed by atoms with Crippen molar-refractivity contribution in [2.45, 2.75) is 39.0 Å². The van der Waals surface area contributed by atoms with Crippen LogP contribution in [0.4, 0.5) is 0 Å². The molecule has 0 spiro atoms. The summed E-state index contributed by atoms with van der Waals surface area (Å²) in [4.78, 5) is 23.0. The molecule has 0 aliphatic heterocycles. The van der Waals surface area contributed by atoms with Gasteiger partial charge in [0.15, 0.2) is 5.78 Å². The van der Waals surface area contributed by atoms with Gasteiger partial charge in [-0.3, -0.25) is 9.59 Å². The standard InChI is InChI=1S/C13H20O4/c1-3-4-5-6-9-7-10(14)8-11(15)12(9)13(16)17-2/h8-9,12,15H,3-7H2,1-2H3/t9-,12-/m0/s1. The normalized spacial score (nSPS) is 24.4. The van der Waals surface area contributed by atoms with Gasteiger partial charge in [0.25, 0.3) is 0 Å². The van der Waals surface area contributed by atoms with Gasteiger partial charge in [0.2, 0.25) is 0 Å². The second-order valence-corrected chi connectivity index (χ2v) is 4.50. The summed E-state index contributed by atoms with van der Waals surface area (Å²) < 4.78 is 4.68. The Balaban J connectivity index is 2.74. The second-order valence-electron chi connectivity index (χ2n) is 4.50. The van der Waals surface area contributed by atoms with Crippen molar-refractivity contribution in [3.8, 4) is 0 Å². The Kier molecular flexibility index (Phi) is 5.19. The summed E-state index contributed by atoms with van der Waals surface area (Å²) in [5, 5.41) is 9.71. The molecule has 0 saturated heterocycles. The number of esters is 1. The van der Waals surface area contributed by atoms with E-state index in [0.29, 0.717) is 6.42 Å². The molecule has 0 saturated carbocycles. The molecule has 0 radical (unpaired) electrons. The van der Waals surface area contributed by atoms with E-state index in [0.717, 1.165) is 31.8 Å². The number of allylic oxidation sites excluding steroid dienone is 1. The van der Waals surface area contributed by atoms with E-state index in [9.17, 15) is 14.7 Å². The fourth-order valence-corrected chi connectivity index (χ4v) is 2.30. The summed E-state index contributed by atoms with van der Waals surface area (Å²) in [5.74, 6) is -1.48. The van der Waals surface area contributed by atoms with Gasteiger partial charge in [-0.1, -0.05) is 26.2 Å². The fraction of sp³-hybridized carbons (Fsp3) is 0.692. The highest BCUT2D eigenvalue weighted by Gasteiger charge is 2.37. The largest absolute Gasteiger partial charge is 0.511 e. The molecule has 1 rings (SSSR count). The van der Waals surface area contributed by atoms with Crippen LogP contribution in [0.15, 0.2) is 11.8 Å². The van der Waals surface area contributed by atoms with Crippen molar-refractivity contribution in [2.24, 2.45) is 11.8 Å². The number of ketones is 1. The molecular formula is C13H20O4. The molecule has 0 heterocycles. The summed E-state index contributed by atoms with van der Waals surface area (Å²) in [5.41, 5.74) is 0. The third-order valence-electron chi connectivity index (χ3n) is 3.20. The zero-order valence-corrected chi connectivity index (χ0v) is 10.4. The van der Waals surface area contributed by atoms with Crippen LogP contribution in [0.5, 0.6) is 0 Å². The van der Waals surface area contributed by atoms with Crippen LogP contribution in [-0.2, 0) is 14.3 Å². The molecule has 4 nitrogen and oxygen atoms in total. The van der Waals surface area contributed by atoms with E-state index in [1.54, 1.807) is 0 Å². The lowest BCUT2D eigenvalue weighted by molar-refractivity contribution is -0.147. The SMILES string of the molecule is CCCCC[C@H]1CC(=O)C=C(O)[C@H]1C(=O)OC. The lowest BCUT2D eigenvalue weighted by atomic mass is 9.79. The molecule has 4 heteroatoms. The van der Waals surface area contributed by atoms with E-state index in [-0.39, 0.29) is 17.5 Å². The highest BCUT2D eigenvalue weighted by molar-refractivity contribution is 5.93. The van der Waals surface area contributed by atoms with Crippen LogP contribution in [0.25, 0.3) is 0 Å². The van der Waals surface area contributed by atoms with Crippen LogP contribution in [0.2, 0.25) is 0 Å². The van der Waals surface area contributed by atoms with Crippen molar-refractivity contribution in [3.63, 3.8) is 0 Å². The van der Waals surface area contributed by atoms with E-state index in [4.69, 9.17) is 0 Å². The van der Waals surface area contributed by atoms with Crippen LogP contribution < -0.4 is 0 Å². The second kappa shape index (κ2) is 6.42. The number of hydrogen-bond donors (Lipinski definition) is 1. The van der Waals surface area contributed by atoms with Gasteiger partial charge in [0.05, 0.1) is 7.11 Å². The number of methoxy groups -OCH3 is 1. The van der Waals surface area contributed by atoms with Gasteiger partial charge >= 0.3 is 5.97 Å². The van der Waals surface area contributed by atoms with Gasteiger partial charge in [-0.05, 0) is 12.3 Å². The third kappa shape index (κ3) is 3.58. The van der Waals surface area contributed by atoms with E-state index < -0.39 is 11.9 Å². The van der Waals surface area contributed by atoms with Crippen molar-refractivity contribution < 1.29 is 19.4 Å². The molecule has 1 aliphatic rings. The number of carbonyl (C=O) groups excluding carboxylic acids is 2. The zero-order valence-electron chi connectivity index (χ0n) is 10.4. The highest BCUT2D eigenvalue weighted by Crippen LogP contribution is 2.32. The Hall–Kier alpha value is -1.32. The van der Waals surface area contributed by atoms with Crippen molar-refractivity contribution in [1.82, 2.24) is 0 Å². The predicted octanol–water partition coefficient (Wildman–Crippen LogP) is 2.39. The van der Waals surface area contributed by atoms with Gasteiger partial charge in [-0.15, -0.1) is 0 Å². The number of carbonyl (C=O) groups is 2. The minimum atomic E-state index is -0.658. The number of aliphatic hydroxyl groups excluding tert-OH is 1. The number of rotatable bonds is 5. The van der Waals surface area contributed by atoms with E-state index in [1.807, 2.05) is 0 Å². The number of hydrogen-bond acceptors (Lipinski definition) is 4. The van der Waals surface area contributed by atoms with E-state index >= 15 is 0 Å². The van der Waals surface area contributed by atoms with Gasteiger partial charge < -0.3 is 9.84 Å². The smallest absolute Gasteiger partial charge is 0.316 e. The minimum absolute atomic E-state index is 0.107. The molecule has 0 aromatic rings. The van der Waals surface area contributed by atoms with Crippen molar-refractivity contribution in [1.29, 1.82) is 0 Å². The summed E-state index contributed by atoms with van der Waals surface area (Å²) >= 11 is 0. The predicted molar refractivity (Wildman–Crippen MR) is 63.5 cm³/mol. The molecule has 0 bridgehead atoms. The fourth-order valence-electron chi connectivity index (χ4n) is 2.30. The minimum Gasteiger partial charge on any atom is -0.511 e. The average Bonchev–Trinajstić information content (AvgIpc) is 2.28. The van der Waals surface area contributed by atoms with Gasteiger partial charge in [-0.2, -0.15) is 0 Å². The van der Waals surface area contributed by atoms with Gasteiger partial charge in [0, 0.05) is 12.5 Å². The maximum Gasteiger partial charge on any atom is 0.316 e. The van der Waals surface area contributed by atoms with E-state index in [1.165, 1.54) is 7.11 Å². The van der Waals surface area contributed by atoms with Gasteiger partial charge in [-0.25, -0.2) is 0 Å². The first-order valence-electron chi connectivity index (χ1n) is 6.11. The van der Waals surface area contributed by atoms with Crippen LogP contribution >= 0.6 is 0 Å². The maximum atomic E-state index is 11.6. The monoisotopic (exact) mass is 240 g/mol. The molecule has 0 aromatic carbocycles. The zero-order chi connectivity index (χ0) is 12.8. The quantitative estimate of drug-likeness (QED) is 0.592. The summed E-state index contributed by atoms with van der Waals surface area (Å²) in [7, 11) is 1.30.